The van der Waals surface area contributed by atoms with Crippen LogP contribution in [0.25, 0.3) is 33.2 Å². The fourth-order valence-electron chi connectivity index (χ4n) is 7.22. The average Bonchev–Trinajstić information content (AvgIpc) is 3.78. The van der Waals surface area contributed by atoms with Gasteiger partial charge in [-0.3, -0.25) is 24.2 Å². The predicted octanol–water partition coefficient (Wildman–Crippen LogP) is 5.62. The molecule has 5 heterocycles. The molecule has 2 aliphatic rings. The van der Waals surface area contributed by atoms with Gasteiger partial charge in [-0.15, -0.1) is 0 Å². The van der Waals surface area contributed by atoms with Crippen molar-refractivity contribution >= 4 is 57.1 Å². The molecule has 0 radical (unpaired) electrons. The lowest BCUT2D eigenvalue weighted by Crippen LogP contribution is -2.23. The molecular weight excluding hydrogens is 680 g/mol. The Morgan fingerprint density at radius 3 is 1.83 bits per heavy atom. The van der Waals surface area contributed by atoms with Gasteiger partial charge < -0.3 is 34.0 Å². The summed E-state index contributed by atoms with van der Waals surface area (Å²) in [5, 5.41) is 10.2. The van der Waals surface area contributed by atoms with Gasteiger partial charge in [-0.25, -0.2) is 4.98 Å². The van der Waals surface area contributed by atoms with Crippen LogP contribution in [0.1, 0.15) is 96.9 Å². The lowest BCUT2D eigenvalue weighted by atomic mass is 9.75. The number of aliphatic hydroxyl groups is 1. The number of rotatable bonds is 12. The van der Waals surface area contributed by atoms with E-state index >= 15 is 0 Å². The topological polar surface area (TPSA) is 183 Å². The molecule has 13 heteroatoms. The minimum Gasteiger partial charge on any atom is -0.469 e. The van der Waals surface area contributed by atoms with Gasteiger partial charge in [-0.2, -0.15) is 0 Å². The summed E-state index contributed by atoms with van der Waals surface area (Å²) in [7, 11) is 5.28. The van der Waals surface area contributed by atoms with Crippen molar-refractivity contribution < 1.29 is 43.2 Å². The quantitative estimate of drug-likeness (QED) is 0.155. The molecule has 1 unspecified atom stereocenters. The van der Waals surface area contributed by atoms with E-state index in [0.29, 0.717) is 51.1 Å². The van der Waals surface area contributed by atoms with E-state index in [1.807, 2.05) is 38.1 Å². The van der Waals surface area contributed by atoms with Gasteiger partial charge in [0.2, 0.25) is 0 Å². The fourth-order valence-corrected chi connectivity index (χ4v) is 7.22. The second-order valence-electron chi connectivity index (χ2n) is 13.9. The SMILES string of the molecule is COC(=O)CCC1=C(CC(=O)OC)c2cc3[nH]c(cc4nc(cc5[nH]c(cc1n2)c(CCC(=O)OC)c5CC(=O)OC)C(C)(C)C4CCO)c(C)c3C. The summed E-state index contributed by atoms with van der Waals surface area (Å²) in [4.78, 5) is 68.0. The summed E-state index contributed by atoms with van der Waals surface area (Å²) in [5.74, 6) is -1.93. The van der Waals surface area contributed by atoms with E-state index < -0.39 is 29.3 Å². The van der Waals surface area contributed by atoms with Crippen LogP contribution in [0.4, 0.5) is 0 Å². The molecule has 53 heavy (non-hydrogen) atoms. The highest BCUT2D eigenvalue weighted by molar-refractivity contribution is 6.00. The molecule has 0 saturated heterocycles. The van der Waals surface area contributed by atoms with E-state index in [4.69, 9.17) is 28.9 Å². The van der Waals surface area contributed by atoms with E-state index in [0.717, 1.165) is 33.5 Å². The predicted molar refractivity (Wildman–Crippen MR) is 199 cm³/mol. The molecule has 0 aromatic carbocycles. The maximum Gasteiger partial charge on any atom is 0.310 e. The first kappa shape index (κ1) is 38.9. The number of carbonyl (C=O) groups excluding carboxylic acids is 4. The smallest absolute Gasteiger partial charge is 0.310 e. The first-order valence-corrected chi connectivity index (χ1v) is 17.6. The molecule has 282 valence electrons. The number of aliphatic hydroxyl groups excluding tert-OH is 1. The number of nitrogens with one attached hydrogen (secondary N) is 2. The highest BCUT2D eigenvalue weighted by atomic mass is 16.5. The van der Waals surface area contributed by atoms with Crippen LogP contribution in [0.15, 0.2) is 24.3 Å². The van der Waals surface area contributed by atoms with Gasteiger partial charge in [0.15, 0.2) is 0 Å². The summed E-state index contributed by atoms with van der Waals surface area (Å²) in [6.45, 7) is 8.16. The van der Waals surface area contributed by atoms with Crippen LogP contribution in [0, 0.1) is 13.8 Å². The number of allylic oxidation sites excluding steroid dienone is 1. The fraction of sp³-hybridized carbons (Fsp3) is 0.450. The number of hydrogen-bond acceptors (Lipinski definition) is 11. The Morgan fingerprint density at radius 2 is 1.21 bits per heavy atom. The third-order valence-corrected chi connectivity index (χ3v) is 10.5. The zero-order valence-corrected chi connectivity index (χ0v) is 31.7. The Bertz CT molecular complexity index is 2140. The molecule has 3 aromatic heterocycles. The van der Waals surface area contributed by atoms with Crippen molar-refractivity contribution in [1.29, 1.82) is 0 Å². The Balaban J connectivity index is 1.98. The zero-order valence-electron chi connectivity index (χ0n) is 31.7. The first-order valence-electron chi connectivity index (χ1n) is 17.6. The number of esters is 4. The number of H-pyrrole nitrogens is 2. The zero-order chi connectivity index (χ0) is 38.6. The molecule has 3 N–H and O–H groups in total. The molecule has 0 saturated carbocycles. The van der Waals surface area contributed by atoms with Crippen molar-refractivity contribution in [2.45, 2.75) is 84.0 Å². The standard InChI is InChI=1S/C40H48N4O9/c1-21-22(2)29-18-34-27(13-14-45)40(3,4)35(44-34)20-33-26(16-39(49)53-8)24(10-12-37(47)51-6)31(43-33)19-30-23(9-11-36(46)50-5)25(15-38(48)52-7)32(42-30)17-28(21)41-29/h17-20,27,41,43,45H,9-16H2,1-8H3. The molecule has 2 aliphatic heterocycles. The molecule has 0 aliphatic carbocycles. The van der Waals surface area contributed by atoms with Crippen LogP contribution < -0.4 is 0 Å². The normalized spacial score (nSPS) is 14.9. The number of aromatic nitrogens is 4. The lowest BCUT2D eigenvalue weighted by Gasteiger charge is -2.26. The number of methoxy groups -OCH3 is 4. The van der Waals surface area contributed by atoms with Gasteiger partial charge in [0.25, 0.3) is 0 Å². The minimum absolute atomic E-state index is 0.0323. The number of carbonyl (C=O) groups is 4. The van der Waals surface area contributed by atoms with E-state index in [1.54, 1.807) is 0 Å². The van der Waals surface area contributed by atoms with Gasteiger partial charge in [-0.1, -0.05) is 13.8 Å². The van der Waals surface area contributed by atoms with Crippen molar-refractivity contribution in [1.82, 2.24) is 19.9 Å². The molecule has 5 rings (SSSR count). The minimum atomic E-state index is -0.512. The van der Waals surface area contributed by atoms with E-state index in [2.05, 4.69) is 23.8 Å². The highest BCUT2D eigenvalue weighted by Gasteiger charge is 2.39. The third kappa shape index (κ3) is 8.04. The monoisotopic (exact) mass is 728 g/mol. The summed E-state index contributed by atoms with van der Waals surface area (Å²) >= 11 is 0. The van der Waals surface area contributed by atoms with Gasteiger partial charge in [0, 0.05) is 64.2 Å². The van der Waals surface area contributed by atoms with Crippen molar-refractivity contribution in [3.05, 3.63) is 69.3 Å². The van der Waals surface area contributed by atoms with Crippen LogP contribution >= 0.6 is 0 Å². The van der Waals surface area contributed by atoms with Crippen LogP contribution in [0.5, 0.6) is 0 Å². The Labute approximate surface area is 308 Å². The lowest BCUT2D eigenvalue weighted by molar-refractivity contribution is -0.141. The molecule has 13 nitrogen and oxygen atoms in total. The second-order valence-corrected chi connectivity index (χ2v) is 13.9. The Hall–Kier alpha value is -5.30. The molecule has 3 aromatic rings. The van der Waals surface area contributed by atoms with Crippen LogP contribution in [-0.2, 0) is 56.4 Å². The van der Waals surface area contributed by atoms with Gasteiger partial charge in [0.05, 0.1) is 52.7 Å². The van der Waals surface area contributed by atoms with E-state index in [9.17, 15) is 24.3 Å². The third-order valence-electron chi connectivity index (χ3n) is 10.5. The molecule has 0 spiro atoms. The van der Waals surface area contributed by atoms with E-state index in [1.165, 1.54) is 28.4 Å². The van der Waals surface area contributed by atoms with Crippen LogP contribution in [0.3, 0.4) is 0 Å². The van der Waals surface area contributed by atoms with Crippen molar-refractivity contribution in [2.24, 2.45) is 0 Å². The Kier molecular flexibility index (Phi) is 11.9. The number of ether oxygens (including phenoxy) is 4. The van der Waals surface area contributed by atoms with Crippen molar-refractivity contribution in [3.63, 3.8) is 0 Å². The molecule has 0 fully saturated rings. The maximum absolute atomic E-state index is 12.9. The van der Waals surface area contributed by atoms with Gasteiger partial charge >= 0.3 is 23.9 Å². The molecule has 8 bridgehead atoms. The largest absolute Gasteiger partial charge is 0.469 e. The number of nitrogens with zero attached hydrogens (tertiary/aromatic N) is 2. The number of hydrogen-bond donors (Lipinski definition) is 3. The average molecular weight is 729 g/mol. The summed E-state index contributed by atoms with van der Waals surface area (Å²) in [6, 6.07) is 7.65. The van der Waals surface area contributed by atoms with E-state index in [-0.39, 0.29) is 51.0 Å². The number of aryl methyl sites for hydroxylation is 3. The molecule has 1 atom stereocenters. The summed E-state index contributed by atoms with van der Waals surface area (Å²) in [5.41, 5.74) is 9.37. The van der Waals surface area contributed by atoms with Crippen molar-refractivity contribution in [2.75, 3.05) is 35.0 Å². The molecule has 0 amide bonds. The van der Waals surface area contributed by atoms with Crippen LogP contribution in [0.2, 0.25) is 0 Å². The first-order chi connectivity index (χ1) is 25.2. The van der Waals surface area contributed by atoms with Crippen LogP contribution in [-0.4, -0.2) is 84.0 Å². The second kappa shape index (κ2) is 16.2. The van der Waals surface area contributed by atoms with Gasteiger partial charge in [0.1, 0.15) is 0 Å². The maximum atomic E-state index is 12.9. The summed E-state index contributed by atoms with van der Waals surface area (Å²) < 4.78 is 20.1. The Morgan fingerprint density at radius 1 is 0.679 bits per heavy atom. The number of aromatic amines is 2. The van der Waals surface area contributed by atoms with Gasteiger partial charge in [-0.05, 0) is 90.8 Å². The molecular formula is C40H48N4O9. The summed E-state index contributed by atoms with van der Waals surface area (Å²) in [6.07, 6.45) is 0.784. The van der Waals surface area contributed by atoms with Crippen molar-refractivity contribution in [3.8, 4) is 0 Å². The number of fused-ring (bicyclic) bond motifs is 8. The highest BCUT2D eigenvalue weighted by Crippen LogP contribution is 2.45.